The van der Waals surface area contributed by atoms with Crippen LogP contribution in [0.15, 0.2) is 53.9 Å². The second-order valence-electron chi connectivity index (χ2n) is 7.24. The molecule has 1 aromatic heterocycles. The molecule has 0 saturated carbocycles. The molecule has 0 radical (unpaired) electrons. The lowest BCUT2D eigenvalue weighted by molar-refractivity contribution is 0.102. The number of hydrogen-bond donors (Lipinski definition) is 1. The van der Waals surface area contributed by atoms with Crippen molar-refractivity contribution in [3.8, 4) is 0 Å². The number of anilines is 1. The van der Waals surface area contributed by atoms with Crippen molar-refractivity contribution in [2.24, 2.45) is 5.92 Å². The van der Waals surface area contributed by atoms with Crippen molar-refractivity contribution in [2.75, 3.05) is 5.32 Å². The van der Waals surface area contributed by atoms with Gasteiger partial charge in [-0.2, -0.15) is 0 Å². The van der Waals surface area contributed by atoms with Gasteiger partial charge >= 0.3 is 0 Å². The maximum Gasteiger partial charge on any atom is 0.256 e. The Hall–Kier alpha value is -2.43. The third-order valence-corrected chi connectivity index (χ3v) is 6.44. The molecule has 1 N–H and O–H groups in total. The first-order chi connectivity index (χ1) is 13.5. The molecule has 3 aromatic rings. The second kappa shape index (κ2) is 7.90. The van der Waals surface area contributed by atoms with Crippen LogP contribution in [0.4, 0.5) is 5.69 Å². The summed E-state index contributed by atoms with van der Waals surface area (Å²) in [5.74, 6) is 0.324. The number of carbonyl (C=O) groups is 2. The van der Waals surface area contributed by atoms with Gasteiger partial charge in [0.2, 0.25) is 0 Å². The van der Waals surface area contributed by atoms with Crippen LogP contribution in [0.1, 0.15) is 50.1 Å². The Labute approximate surface area is 173 Å². The van der Waals surface area contributed by atoms with Gasteiger partial charge in [-0.25, -0.2) is 0 Å². The van der Waals surface area contributed by atoms with Gasteiger partial charge in [-0.05, 0) is 48.9 Å². The highest BCUT2D eigenvalue weighted by atomic mass is 35.5. The molecule has 1 aliphatic carbocycles. The molecule has 1 heterocycles. The quantitative estimate of drug-likeness (QED) is 0.536. The van der Waals surface area contributed by atoms with E-state index in [-0.39, 0.29) is 11.7 Å². The summed E-state index contributed by atoms with van der Waals surface area (Å²) in [6, 6.07) is 14.0. The van der Waals surface area contributed by atoms with E-state index in [0.717, 1.165) is 30.4 Å². The summed E-state index contributed by atoms with van der Waals surface area (Å²) < 4.78 is 0. The minimum absolute atomic E-state index is 0.167. The maximum absolute atomic E-state index is 13.0. The third-order valence-electron chi connectivity index (χ3n) is 5.16. The minimum atomic E-state index is -0.170. The fourth-order valence-electron chi connectivity index (χ4n) is 3.62. The summed E-state index contributed by atoms with van der Waals surface area (Å²) >= 11 is 7.79. The number of halogens is 1. The van der Waals surface area contributed by atoms with E-state index in [1.165, 1.54) is 4.88 Å². The second-order valence-corrected chi connectivity index (χ2v) is 8.64. The first kappa shape index (κ1) is 18.9. The van der Waals surface area contributed by atoms with Crippen LogP contribution in [0, 0.1) is 5.92 Å². The number of benzene rings is 2. The predicted octanol–water partition coefficient (Wildman–Crippen LogP) is 6.01. The molecule has 0 bridgehead atoms. The summed E-state index contributed by atoms with van der Waals surface area (Å²) in [7, 11) is 0. The highest BCUT2D eigenvalue weighted by molar-refractivity contribution is 7.10. The van der Waals surface area contributed by atoms with E-state index >= 15 is 0 Å². The van der Waals surface area contributed by atoms with E-state index in [2.05, 4.69) is 12.2 Å². The van der Waals surface area contributed by atoms with Crippen LogP contribution >= 0.6 is 22.9 Å². The fourth-order valence-corrected chi connectivity index (χ4v) is 5.03. The normalized spacial score (nSPS) is 15.7. The van der Waals surface area contributed by atoms with Crippen molar-refractivity contribution >= 4 is 40.3 Å². The Morgan fingerprint density at radius 3 is 2.68 bits per heavy atom. The zero-order valence-corrected chi connectivity index (χ0v) is 17.1. The lowest BCUT2D eigenvalue weighted by Crippen LogP contribution is -2.18. The lowest BCUT2D eigenvalue weighted by Gasteiger charge is -2.19. The maximum atomic E-state index is 13.0. The Morgan fingerprint density at radius 1 is 1.11 bits per heavy atom. The number of amides is 1. The summed E-state index contributed by atoms with van der Waals surface area (Å²) in [4.78, 5) is 27.2. The molecule has 5 heteroatoms. The number of ketones is 1. The van der Waals surface area contributed by atoms with Gasteiger partial charge in [0.15, 0.2) is 5.78 Å². The van der Waals surface area contributed by atoms with Crippen molar-refractivity contribution in [1.29, 1.82) is 0 Å². The minimum Gasteiger partial charge on any atom is -0.321 e. The van der Waals surface area contributed by atoms with E-state index in [4.69, 9.17) is 11.6 Å². The number of carbonyl (C=O) groups excluding carboxylic acids is 2. The summed E-state index contributed by atoms with van der Waals surface area (Å²) in [5.41, 5.74) is 3.31. The van der Waals surface area contributed by atoms with E-state index < -0.39 is 0 Å². The average molecular weight is 410 g/mol. The molecule has 0 unspecified atom stereocenters. The predicted molar refractivity (Wildman–Crippen MR) is 115 cm³/mol. The molecule has 0 aliphatic heterocycles. The van der Waals surface area contributed by atoms with Crippen LogP contribution in [-0.4, -0.2) is 11.7 Å². The number of rotatable bonds is 4. The molecule has 1 atom stereocenters. The zero-order chi connectivity index (χ0) is 19.7. The summed E-state index contributed by atoms with van der Waals surface area (Å²) in [5, 5.41) is 5.34. The third kappa shape index (κ3) is 3.75. The molecular weight excluding hydrogens is 390 g/mol. The monoisotopic (exact) mass is 409 g/mol. The van der Waals surface area contributed by atoms with Gasteiger partial charge in [0.25, 0.3) is 5.91 Å². The Morgan fingerprint density at radius 2 is 1.89 bits per heavy atom. The van der Waals surface area contributed by atoms with Crippen molar-refractivity contribution in [1.82, 2.24) is 0 Å². The topological polar surface area (TPSA) is 46.2 Å². The van der Waals surface area contributed by atoms with E-state index in [1.54, 1.807) is 41.7 Å². The van der Waals surface area contributed by atoms with Crippen molar-refractivity contribution < 1.29 is 9.59 Å². The standard InChI is InChI=1S/C23H20ClNO2S/c1-14-7-9-17-19(13-28-21(17)11-14)23(27)25-20-10-8-16(24)12-18(20)22(26)15-5-3-2-4-6-15/h2-6,8,10,12-14H,7,9,11H2,1H3,(H,25,27)/t14-/m1/s1. The van der Waals surface area contributed by atoms with Gasteiger partial charge in [-0.3, -0.25) is 9.59 Å². The smallest absolute Gasteiger partial charge is 0.256 e. The van der Waals surface area contributed by atoms with Crippen molar-refractivity contribution in [2.45, 2.75) is 26.2 Å². The van der Waals surface area contributed by atoms with Gasteiger partial charge in [0.05, 0.1) is 11.3 Å². The molecule has 1 aliphatic rings. The Kier molecular flexibility index (Phi) is 5.33. The first-order valence-electron chi connectivity index (χ1n) is 9.33. The Bertz CT molecular complexity index is 1040. The number of thiophene rings is 1. The van der Waals surface area contributed by atoms with E-state index in [9.17, 15) is 9.59 Å². The largest absolute Gasteiger partial charge is 0.321 e. The fraction of sp³-hybridized carbons (Fsp3) is 0.217. The number of hydrogen-bond acceptors (Lipinski definition) is 3. The zero-order valence-electron chi connectivity index (χ0n) is 15.5. The molecule has 3 nitrogen and oxygen atoms in total. The van der Waals surface area contributed by atoms with Crippen molar-refractivity contribution in [3.05, 3.63) is 86.1 Å². The van der Waals surface area contributed by atoms with Gasteiger partial charge in [0, 0.05) is 26.4 Å². The first-order valence-corrected chi connectivity index (χ1v) is 10.6. The molecule has 0 fully saturated rings. The van der Waals surface area contributed by atoms with Gasteiger partial charge in [-0.15, -0.1) is 11.3 Å². The van der Waals surface area contributed by atoms with Crippen LogP contribution in [0.5, 0.6) is 0 Å². The lowest BCUT2D eigenvalue weighted by atomic mass is 9.88. The van der Waals surface area contributed by atoms with Gasteiger partial charge in [-0.1, -0.05) is 48.9 Å². The number of nitrogens with one attached hydrogen (secondary N) is 1. The Balaban J connectivity index is 1.64. The van der Waals surface area contributed by atoms with Crippen LogP contribution in [0.25, 0.3) is 0 Å². The molecule has 142 valence electrons. The SMILES string of the molecule is C[C@@H]1CCc2c(C(=O)Nc3ccc(Cl)cc3C(=O)c3ccccc3)csc2C1. The molecule has 0 saturated heterocycles. The molecule has 0 spiro atoms. The molecule has 28 heavy (non-hydrogen) atoms. The summed E-state index contributed by atoms with van der Waals surface area (Å²) in [6.07, 6.45) is 3.06. The van der Waals surface area contributed by atoms with Crippen molar-refractivity contribution in [3.63, 3.8) is 0 Å². The van der Waals surface area contributed by atoms with Crippen LogP contribution < -0.4 is 5.32 Å². The van der Waals surface area contributed by atoms with E-state index in [0.29, 0.717) is 27.8 Å². The molecular formula is C23H20ClNO2S. The number of fused-ring (bicyclic) bond motifs is 1. The van der Waals surface area contributed by atoms with Crippen LogP contribution in [0.3, 0.4) is 0 Å². The molecule has 2 aromatic carbocycles. The highest BCUT2D eigenvalue weighted by Crippen LogP contribution is 2.33. The average Bonchev–Trinajstić information content (AvgIpc) is 3.12. The van der Waals surface area contributed by atoms with Gasteiger partial charge in [0.1, 0.15) is 0 Å². The van der Waals surface area contributed by atoms with Gasteiger partial charge < -0.3 is 5.32 Å². The van der Waals surface area contributed by atoms with Crippen LogP contribution in [0.2, 0.25) is 5.02 Å². The highest BCUT2D eigenvalue weighted by Gasteiger charge is 2.24. The summed E-state index contributed by atoms with van der Waals surface area (Å²) in [6.45, 7) is 2.25. The molecule has 1 amide bonds. The van der Waals surface area contributed by atoms with E-state index in [1.807, 2.05) is 23.6 Å². The van der Waals surface area contributed by atoms with Crippen LogP contribution in [-0.2, 0) is 12.8 Å². The molecule has 4 rings (SSSR count).